The van der Waals surface area contributed by atoms with E-state index >= 15 is 0 Å². The molecule has 3 rings (SSSR count). The Hall–Kier alpha value is -2.69. The molecular formula is C15H13N3O2. The molecule has 0 amide bonds. The number of aromatic nitrogens is 3. The first kappa shape index (κ1) is 12.3. The van der Waals surface area contributed by atoms with E-state index in [9.17, 15) is 5.11 Å². The Balaban J connectivity index is 1.84. The molecule has 2 aromatic heterocycles. The number of hydrogen-bond acceptors (Lipinski definition) is 5. The molecule has 0 saturated carbocycles. The van der Waals surface area contributed by atoms with Crippen LogP contribution in [0.5, 0.6) is 5.75 Å². The number of hydrogen-bond donors (Lipinski definition) is 1. The van der Waals surface area contributed by atoms with E-state index in [1.165, 1.54) is 0 Å². The fourth-order valence-corrected chi connectivity index (χ4v) is 1.85. The number of aryl methyl sites for hydroxylation is 1. The molecule has 0 aliphatic carbocycles. The number of nitrogens with zero attached hydrogens (tertiary/aromatic N) is 3. The standard InChI is InChI=1S/C15H13N3O2/c1-10-5-6-11(8-13(10)19)15-17-14(18-20-15)9-12-4-2-3-7-16-12/h2-8,19H,9H2,1H3. The van der Waals surface area contributed by atoms with Crippen LogP contribution in [-0.4, -0.2) is 20.2 Å². The van der Waals surface area contributed by atoms with Crippen LogP contribution in [0.15, 0.2) is 47.1 Å². The Labute approximate surface area is 115 Å². The Bertz CT molecular complexity index is 723. The Kier molecular flexibility index (Phi) is 3.16. The lowest BCUT2D eigenvalue weighted by Crippen LogP contribution is -1.93. The number of benzene rings is 1. The largest absolute Gasteiger partial charge is 0.508 e. The predicted molar refractivity (Wildman–Crippen MR) is 73.2 cm³/mol. The van der Waals surface area contributed by atoms with E-state index in [2.05, 4.69) is 15.1 Å². The summed E-state index contributed by atoms with van der Waals surface area (Å²) in [6.07, 6.45) is 2.25. The fraction of sp³-hybridized carbons (Fsp3) is 0.133. The second kappa shape index (κ2) is 5.13. The third-order valence-corrected chi connectivity index (χ3v) is 2.99. The van der Waals surface area contributed by atoms with Crippen molar-refractivity contribution in [1.82, 2.24) is 15.1 Å². The van der Waals surface area contributed by atoms with E-state index < -0.39 is 0 Å². The van der Waals surface area contributed by atoms with E-state index in [1.807, 2.05) is 37.3 Å². The first-order valence-corrected chi connectivity index (χ1v) is 6.25. The quantitative estimate of drug-likeness (QED) is 0.790. The minimum Gasteiger partial charge on any atom is -0.508 e. The third-order valence-electron chi connectivity index (χ3n) is 2.99. The average molecular weight is 267 g/mol. The molecule has 100 valence electrons. The molecule has 0 atom stereocenters. The van der Waals surface area contributed by atoms with Crippen molar-refractivity contribution in [3.8, 4) is 17.2 Å². The second-order valence-electron chi connectivity index (χ2n) is 4.51. The van der Waals surface area contributed by atoms with Gasteiger partial charge in [-0.1, -0.05) is 17.3 Å². The van der Waals surface area contributed by atoms with Crippen LogP contribution >= 0.6 is 0 Å². The van der Waals surface area contributed by atoms with Crippen LogP contribution in [0.1, 0.15) is 17.1 Å². The van der Waals surface area contributed by atoms with Gasteiger partial charge < -0.3 is 9.63 Å². The molecule has 5 heteroatoms. The van der Waals surface area contributed by atoms with Crippen molar-refractivity contribution in [3.05, 3.63) is 59.7 Å². The van der Waals surface area contributed by atoms with Gasteiger partial charge in [0.1, 0.15) is 5.75 Å². The molecule has 3 aromatic rings. The highest BCUT2D eigenvalue weighted by atomic mass is 16.5. The molecule has 0 fully saturated rings. The van der Waals surface area contributed by atoms with Crippen LogP contribution in [0.4, 0.5) is 0 Å². The highest BCUT2D eigenvalue weighted by Crippen LogP contribution is 2.24. The molecule has 1 N–H and O–H groups in total. The number of aromatic hydroxyl groups is 1. The summed E-state index contributed by atoms with van der Waals surface area (Å²) in [5, 5.41) is 13.6. The number of phenolic OH excluding ortho intramolecular Hbond substituents is 1. The molecule has 1 aromatic carbocycles. The summed E-state index contributed by atoms with van der Waals surface area (Å²) in [5.74, 6) is 1.18. The molecular weight excluding hydrogens is 254 g/mol. The third kappa shape index (κ3) is 2.51. The summed E-state index contributed by atoms with van der Waals surface area (Å²) < 4.78 is 5.22. The molecule has 0 saturated heterocycles. The van der Waals surface area contributed by atoms with Gasteiger partial charge in [0, 0.05) is 17.5 Å². The van der Waals surface area contributed by atoms with Crippen molar-refractivity contribution in [2.24, 2.45) is 0 Å². The number of pyridine rings is 1. The Morgan fingerprint density at radius 1 is 1.20 bits per heavy atom. The van der Waals surface area contributed by atoms with Crippen molar-refractivity contribution < 1.29 is 9.63 Å². The van der Waals surface area contributed by atoms with E-state index in [4.69, 9.17) is 4.52 Å². The summed E-state index contributed by atoms with van der Waals surface area (Å²) in [5.41, 5.74) is 2.39. The molecule has 0 aliphatic heterocycles. The van der Waals surface area contributed by atoms with Crippen molar-refractivity contribution in [2.45, 2.75) is 13.3 Å². The molecule has 5 nitrogen and oxygen atoms in total. The van der Waals surface area contributed by atoms with Crippen LogP contribution in [0.25, 0.3) is 11.5 Å². The molecule has 0 unspecified atom stereocenters. The van der Waals surface area contributed by atoms with Crippen LogP contribution in [0.2, 0.25) is 0 Å². The summed E-state index contributed by atoms with van der Waals surface area (Å²) >= 11 is 0. The summed E-state index contributed by atoms with van der Waals surface area (Å²) in [7, 11) is 0. The zero-order chi connectivity index (χ0) is 13.9. The lowest BCUT2D eigenvalue weighted by atomic mass is 10.1. The number of rotatable bonds is 3. The molecule has 0 spiro atoms. The minimum atomic E-state index is 0.215. The molecule has 20 heavy (non-hydrogen) atoms. The number of phenols is 1. The smallest absolute Gasteiger partial charge is 0.258 e. The van der Waals surface area contributed by atoms with Gasteiger partial charge in [0.25, 0.3) is 5.89 Å². The van der Waals surface area contributed by atoms with Gasteiger partial charge in [0.05, 0.1) is 6.42 Å². The Morgan fingerprint density at radius 3 is 2.85 bits per heavy atom. The van der Waals surface area contributed by atoms with E-state index in [-0.39, 0.29) is 5.75 Å². The summed E-state index contributed by atoms with van der Waals surface area (Å²) in [6, 6.07) is 11.0. The lowest BCUT2D eigenvalue weighted by Gasteiger charge is -1.99. The van der Waals surface area contributed by atoms with Crippen LogP contribution in [0.3, 0.4) is 0 Å². The van der Waals surface area contributed by atoms with Crippen molar-refractivity contribution in [2.75, 3.05) is 0 Å². The topological polar surface area (TPSA) is 72.0 Å². The summed E-state index contributed by atoms with van der Waals surface area (Å²) in [6.45, 7) is 1.83. The van der Waals surface area contributed by atoms with Gasteiger partial charge in [-0.2, -0.15) is 4.98 Å². The first-order chi connectivity index (χ1) is 9.72. The highest BCUT2D eigenvalue weighted by molar-refractivity contribution is 5.57. The van der Waals surface area contributed by atoms with Crippen LogP contribution in [-0.2, 0) is 6.42 Å². The van der Waals surface area contributed by atoms with E-state index in [0.717, 1.165) is 11.3 Å². The van der Waals surface area contributed by atoms with Gasteiger partial charge in [0.15, 0.2) is 5.82 Å². The average Bonchev–Trinajstić information content (AvgIpc) is 2.91. The van der Waals surface area contributed by atoms with Crippen molar-refractivity contribution in [3.63, 3.8) is 0 Å². The van der Waals surface area contributed by atoms with E-state index in [0.29, 0.717) is 23.7 Å². The first-order valence-electron chi connectivity index (χ1n) is 6.25. The minimum absolute atomic E-state index is 0.215. The van der Waals surface area contributed by atoms with Crippen molar-refractivity contribution in [1.29, 1.82) is 0 Å². The van der Waals surface area contributed by atoms with Gasteiger partial charge in [-0.15, -0.1) is 0 Å². The SMILES string of the molecule is Cc1ccc(-c2nc(Cc3ccccn3)no2)cc1O. The zero-order valence-corrected chi connectivity index (χ0v) is 10.9. The normalized spacial score (nSPS) is 10.7. The Morgan fingerprint density at radius 2 is 2.10 bits per heavy atom. The van der Waals surface area contributed by atoms with Gasteiger partial charge in [-0.05, 0) is 36.8 Å². The monoisotopic (exact) mass is 267 g/mol. The maximum absolute atomic E-state index is 9.70. The van der Waals surface area contributed by atoms with Crippen LogP contribution < -0.4 is 0 Å². The highest BCUT2D eigenvalue weighted by Gasteiger charge is 2.11. The van der Waals surface area contributed by atoms with Crippen LogP contribution in [0, 0.1) is 6.92 Å². The maximum Gasteiger partial charge on any atom is 0.258 e. The fourth-order valence-electron chi connectivity index (χ4n) is 1.85. The molecule has 2 heterocycles. The van der Waals surface area contributed by atoms with Gasteiger partial charge in [0.2, 0.25) is 0 Å². The zero-order valence-electron chi connectivity index (χ0n) is 10.9. The summed E-state index contributed by atoms with van der Waals surface area (Å²) in [4.78, 5) is 8.54. The van der Waals surface area contributed by atoms with Gasteiger partial charge >= 0.3 is 0 Å². The molecule has 0 aliphatic rings. The maximum atomic E-state index is 9.70. The molecule has 0 radical (unpaired) electrons. The lowest BCUT2D eigenvalue weighted by molar-refractivity contribution is 0.423. The van der Waals surface area contributed by atoms with Gasteiger partial charge in [-0.3, -0.25) is 4.98 Å². The second-order valence-corrected chi connectivity index (χ2v) is 4.51. The predicted octanol–water partition coefficient (Wildman–Crippen LogP) is 2.74. The van der Waals surface area contributed by atoms with Crippen molar-refractivity contribution >= 4 is 0 Å². The van der Waals surface area contributed by atoms with Gasteiger partial charge in [-0.25, -0.2) is 0 Å². The van der Waals surface area contributed by atoms with E-state index in [1.54, 1.807) is 12.3 Å². The molecule has 0 bridgehead atoms.